The summed E-state index contributed by atoms with van der Waals surface area (Å²) in [5.74, 6) is -0.751. The van der Waals surface area contributed by atoms with Crippen molar-refractivity contribution in [3.8, 4) is 5.75 Å². The molecule has 0 aromatic heterocycles. The number of hydrogen-bond donors (Lipinski definition) is 1. The monoisotopic (exact) mass is 370 g/mol. The second kappa shape index (κ2) is 8.39. The predicted molar refractivity (Wildman–Crippen MR) is 104 cm³/mol. The Balaban J connectivity index is 1.78. The van der Waals surface area contributed by atoms with Crippen molar-refractivity contribution >= 4 is 22.6 Å². The first-order chi connectivity index (χ1) is 13.0. The molecule has 1 amide bonds. The average Bonchev–Trinajstić information content (AvgIpc) is 3.01. The second-order valence-corrected chi connectivity index (χ2v) is 7.24. The van der Waals surface area contributed by atoms with E-state index in [0.29, 0.717) is 19.6 Å². The van der Waals surface area contributed by atoms with Gasteiger partial charge in [0.15, 0.2) is 0 Å². The fourth-order valence-corrected chi connectivity index (χ4v) is 3.45. The van der Waals surface area contributed by atoms with E-state index >= 15 is 0 Å². The van der Waals surface area contributed by atoms with Gasteiger partial charge in [0.2, 0.25) is 5.91 Å². The summed E-state index contributed by atoms with van der Waals surface area (Å²) in [6.45, 7) is 2.19. The molecule has 1 heterocycles. The van der Waals surface area contributed by atoms with Crippen LogP contribution in [0.4, 0.5) is 0 Å². The minimum atomic E-state index is -0.899. The molecule has 6 heteroatoms. The highest BCUT2D eigenvalue weighted by Crippen LogP contribution is 2.29. The first-order valence-corrected chi connectivity index (χ1v) is 9.24. The van der Waals surface area contributed by atoms with Crippen molar-refractivity contribution in [2.75, 3.05) is 40.3 Å². The molecule has 3 rings (SSSR count). The third kappa shape index (κ3) is 4.57. The highest BCUT2D eigenvalue weighted by Gasteiger charge is 2.34. The predicted octanol–water partition coefficient (Wildman–Crippen LogP) is 2.26. The maximum absolute atomic E-state index is 12.1. The number of ether oxygens (including phenoxy) is 1. The van der Waals surface area contributed by atoms with Crippen LogP contribution in [0, 0.1) is 5.92 Å². The maximum Gasteiger partial charge on any atom is 0.308 e. The molecular weight excluding hydrogens is 344 g/mol. The molecule has 144 valence electrons. The van der Waals surface area contributed by atoms with Crippen LogP contribution in [-0.2, 0) is 16.0 Å². The normalized spacial score (nSPS) is 17.1. The van der Waals surface area contributed by atoms with Crippen LogP contribution in [-0.4, -0.2) is 67.1 Å². The van der Waals surface area contributed by atoms with Gasteiger partial charge in [-0.05, 0) is 37.4 Å². The summed E-state index contributed by atoms with van der Waals surface area (Å²) in [5, 5.41) is 11.4. The number of likely N-dealkylation sites (N-methyl/N-ethyl adjacent to an activating group) is 1. The molecule has 1 saturated heterocycles. The first-order valence-electron chi connectivity index (χ1n) is 9.24. The number of rotatable bonds is 8. The summed E-state index contributed by atoms with van der Waals surface area (Å²) < 4.78 is 6.02. The van der Waals surface area contributed by atoms with E-state index in [1.807, 2.05) is 38.4 Å². The van der Waals surface area contributed by atoms with Gasteiger partial charge < -0.3 is 19.6 Å². The number of hydrogen-bond acceptors (Lipinski definition) is 4. The zero-order valence-electron chi connectivity index (χ0n) is 15.9. The third-order valence-electron chi connectivity index (χ3n) is 4.99. The molecule has 2 aromatic carbocycles. The van der Waals surface area contributed by atoms with Crippen LogP contribution in [0.5, 0.6) is 5.75 Å². The highest BCUT2D eigenvalue weighted by atomic mass is 16.5. The number of carbonyl (C=O) groups excluding carboxylic acids is 1. The van der Waals surface area contributed by atoms with Gasteiger partial charge in [-0.15, -0.1) is 0 Å². The summed E-state index contributed by atoms with van der Waals surface area (Å²) in [6, 6.07) is 12.2. The lowest BCUT2D eigenvalue weighted by Gasteiger charge is -2.19. The van der Waals surface area contributed by atoms with E-state index in [0.717, 1.165) is 28.6 Å². The fraction of sp³-hybridized carbons (Fsp3) is 0.429. The van der Waals surface area contributed by atoms with Crippen LogP contribution in [0.25, 0.3) is 10.8 Å². The molecule has 0 saturated carbocycles. The van der Waals surface area contributed by atoms with Crippen molar-refractivity contribution in [3.63, 3.8) is 0 Å². The quantitative estimate of drug-likeness (QED) is 0.772. The third-order valence-corrected chi connectivity index (χ3v) is 4.99. The SMILES string of the molecule is CN(C)CCOc1ccc2ccccc2c1CCN1CC(C(=O)O)CC1=O. The number of likely N-dealkylation sites (tertiary alicyclic amines) is 1. The van der Waals surface area contributed by atoms with E-state index in [-0.39, 0.29) is 18.9 Å². The first kappa shape index (κ1) is 19.2. The van der Waals surface area contributed by atoms with E-state index in [9.17, 15) is 9.59 Å². The fourth-order valence-electron chi connectivity index (χ4n) is 3.45. The Hall–Kier alpha value is -2.60. The number of carbonyl (C=O) groups is 2. The number of benzene rings is 2. The van der Waals surface area contributed by atoms with Crippen molar-refractivity contribution in [2.24, 2.45) is 5.92 Å². The molecule has 0 aliphatic carbocycles. The van der Waals surface area contributed by atoms with E-state index in [1.165, 1.54) is 0 Å². The molecular formula is C21H26N2O4. The molecule has 1 atom stereocenters. The topological polar surface area (TPSA) is 70.1 Å². The van der Waals surface area contributed by atoms with Gasteiger partial charge in [0.05, 0.1) is 5.92 Å². The lowest BCUT2D eigenvalue weighted by atomic mass is 10.0. The van der Waals surface area contributed by atoms with Crippen molar-refractivity contribution in [1.29, 1.82) is 0 Å². The average molecular weight is 370 g/mol. The van der Waals surface area contributed by atoms with E-state index in [1.54, 1.807) is 4.90 Å². The Bertz CT molecular complexity index is 834. The minimum Gasteiger partial charge on any atom is -0.492 e. The van der Waals surface area contributed by atoms with Crippen LogP contribution < -0.4 is 4.74 Å². The van der Waals surface area contributed by atoms with Gasteiger partial charge in [-0.2, -0.15) is 0 Å². The van der Waals surface area contributed by atoms with Crippen LogP contribution in [0.3, 0.4) is 0 Å². The van der Waals surface area contributed by atoms with Crippen molar-refractivity contribution in [3.05, 3.63) is 42.0 Å². The lowest BCUT2D eigenvalue weighted by molar-refractivity contribution is -0.141. The molecule has 27 heavy (non-hydrogen) atoms. The number of aliphatic carboxylic acids is 1. The second-order valence-electron chi connectivity index (χ2n) is 7.24. The number of amides is 1. The molecule has 1 fully saturated rings. The Morgan fingerprint density at radius 1 is 1.26 bits per heavy atom. The Morgan fingerprint density at radius 3 is 2.74 bits per heavy atom. The van der Waals surface area contributed by atoms with Gasteiger partial charge in [-0.25, -0.2) is 0 Å². The lowest BCUT2D eigenvalue weighted by Crippen LogP contribution is -2.28. The van der Waals surface area contributed by atoms with Crippen LogP contribution in [0.15, 0.2) is 36.4 Å². The van der Waals surface area contributed by atoms with Crippen molar-refractivity contribution in [1.82, 2.24) is 9.80 Å². The smallest absolute Gasteiger partial charge is 0.308 e. The van der Waals surface area contributed by atoms with Gasteiger partial charge in [-0.1, -0.05) is 30.3 Å². The minimum absolute atomic E-state index is 0.0855. The van der Waals surface area contributed by atoms with Crippen LogP contribution in [0.1, 0.15) is 12.0 Å². The molecule has 0 bridgehead atoms. The summed E-state index contributed by atoms with van der Waals surface area (Å²) in [7, 11) is 4.00. The van der Waals surface area contributed by atoms with Gasteiger partial charge in [0.25, 0.3) is 0 Å². The number of fused-ring (bicyclic) bond motifs is 1. The standard InChI is InChI=1S/C21H26N2O4/c1-22(2)11-12-27-19-8-7-15-5-3-4-6-17(15)18(19)9-10-23-14-16(21(25)26)13-20(23)24/h3-8,16H,9-14H2,1-2H3,(H,25,26). The Kier molecular flexibility index (Phi) is 5.96. The molecule has 1 unspecified atom stereocenters. The summed E-state index contributed by atoms with van der Waals surface area (Å²) in [4.78, 5) is 27.0. The van der Waals surface area contributed by atoms with Crippen molar-refractivity contribution < 1.29 is 19.4 Å². The molecule has 0 spiro atoms. The maximum atomic E-state index is 12.1. The zero-order chi connectivity index (χ0) is 19.4. The molecule has 1 N–H and O–H groups in total. The molecule has 2 aromatic rings. The summed E-state index contributed by atoms with van der Waals surface area (Å²) in [6.07, 6.45) is 0.730. The van der Waals surface area contributed by atoms with Gasteiger partial charge in [0.1, 0.15) is 12.4 Å². The number of nitrogens with zero attached hydrogens (tertiary/aromatic N) is 2. The van der Waals surface area contributed by atoms with Crippen LogP contribution in [0.2, 0.25) is 0 Å². The number of carboxylic acids is 1. The van der Waals surface area contributed by atoms with Gasteiger partial charge in [-0.3, -0.25) is 9.59 Å². The molecule has 1 aliphatic heterocycles. The van der Waals surface area contributed by atoms with Gasteiger partial charge in [0, 0.05) is 31.6 Å². The summed E-state index contributed by atoms with van der Waals surface area (Å²) in [5.41, 5.74) is 1.07. The van der Waals surface area contributed by atoms with Crippen LogP contribution >= 0.6 is 0 Å². The highest BCUT2D eigenvalue weighted by molar-refractivity contribution is 5.88. The van der Waals surface area contributed by atoms with E-state index in [2.05, 4.69) is 17.0 Å². The zero-order valence-corrected chi connectivity index (χ0v) is 15.9. The van der Waals surface area contributed by atoms with Crippen molar-refractivity contribution in [2.45, 2.75) is 12.8 Å². The summed E-state index contributed by atoms with van der Waals surface area (Å²) >= 11 is 0. The Labute approximate surface area is 159 Å². The van der Waals surface area contributed by atoms with Gasteiger partial charge >= 0.3 is 5.97 Å². The molecule has 6 nitrogen and oxygen atoms in total. The Morgan fingerprint density at radius 2 is 2.04 bits per heavy atom. The number of carboxylic acid groups (broad SMARTS) is 1. The van der Waals surface area contributed by atoms with E-state index in [4.69, 9.17) is 9.84 Å². The molecule has 0 radical (unpaired) electrons. The van der Waals surface area contributed by atoms with E-state index < -0.39 is 11.9 Å². The molecule has 1 aliphatic rings. The largest absolute Gasteiger partial charge is 0.492 e.